The van der Waals surface area contributed by atoms with Gasteiger partial charge in [0.2, 0.25) is 17.7 Å². The van der Waals surface area contributed by atoms with Crippen LogP contribution in [0.15, 0.2) is 91.0 Å². The number of aliphatic hydroxyl groups is 1. The van der Waals surface area contributed by atoms with Gasteiger partial charge < -0.3 is 31.5 Å². The van der Waals surface area contributed by atoms with Crippen LogP contribution in [0.2, 0.25) is 0 Å². The zero-order valence-corrected chi connectivity index (χ0v) is 25.1. The molecular formula is C34H41N5O6. The lowest BCUT2D eigenvalue weighted by Crippen LogP contribution is -2.56. The highest BCUT2D eigenvalue weighted by Crippen LogP contribution is 2.20. The average molecular weight is 616 g/mol. The van der Waals surface area contributed by atoms with Gasteiger partial charge in [-0.3, -0.25) is 19.3 Å². The van der Waals surface area contributed by atoms with Crippen molar-refractivity contribution in [3.05, 3.63) is 108 Å². The molecule has 1 saturated heterocycles. The zero-order valence-electron chi connectivity index (χ0n) is 25.1. The van der Waals surface area contributed by atoms with Gasteiger partial charge in [0, 0.05) is 13.1 Å². The third-order valence-electron chi connectivity index (χ3n) is 7.70. The molecule has 11 heteroatoms. The summed E-state index contributed by atoms with van der Waals surface area (Å²) in [5, 5.41) is 19.2. The van der Waals surface area contributed by atoms with Gasteiger partial charge in [-0.05, 0) is 42.5 Å². The van der Waals surface area contributed by atoms with Crippen molar-refractivity contribution in [1.29, 1.82) is 0 Å². The van der Waals surface area contributed by atoms with Gasteiger partial charge in [0.1, 0.15) is 12.6 Å². The van der Waals surface area contributed by atoms with Crippen molar-refractivity contribution in [3.8, 4) is 0 Å². The fourth-order valence-electron chi connectivity index (χ4n) is 5.35. The number of amides is 4. The van der Waals surface area contributed by atoms with E-state index in [4.69, 9.17) is 10.5 Å². The van der Waals surface area contributed by atoms with Crippen molar-refractivity contribution in [3.63, 3.8) is 0 Å². The van der Waals surface area contributed by atoms with E-state index in [2.05, 4.69) is 20.9 Å². The Kier molecular flexibility index (Phi) is 12.5. The highest BCUT2D eigenvalue weighted by molar-refractivity contribution is 5.90. The fraction of sp³-hybridized carbons (Fsp3) is 0.353. The minimum atomic E-state index is -1.34. The van der Waals surface area contributed by atoms with E-state index in [-0.39, 0.29) is 31.5 Å². The Morgan fingerprint density at radius 2 is 1.47 bits per heavy atom. The molecule has 4 atom stereocenters. The molecular weight excluding hydrogens is 574 g/mol. The summed E-state index contributed by atoms with van der Waals surface area (Å²) in [5.74, 6) is -1.72. The monoisotopic (exact) mass is 615 g/mol. The minimum absolute atomic E-state index is 0.0313. The first kappa shape index (κ1) is 33.2. The fourth-order valence-corrected chi connectivity index (χ4v) is 5.35. The average Bonchev–Trinajstić information content (AvgIpc) is 3.51. The number of nitrogens with zero attached hydrogens (tertiary/aromatic N) is 1. The van der Waals surface area contributed by atoms with Gasteiger partial charge in [-0.15, -0.1) is 0 Å². The molecule has 0 aromatic heterocycles. The van der Waals surface area contributed by atoms with Crippen LogP contribution in [0.3, 0.4) is 0 Å². The maximum Gasteiger partial charge on any atom is 0.408 e. The second kappa shape index (κ2) is 16.9. The van der Waals surface area contributed by atoms with Gasteiger partial charge in [-0.2, -0.15) is 0 Å². The summed E-state index contributed by atoms with van der Waals surface area (Å²) in [4.78, 5) is 53.0. The normalized spacial score (nSPS) is 16.6. The van der Waals surface area contributed by atoms with Crippen LogP contribution in [0.4, 0.5) is 4.79 Å². The smallest absolute Gasteiger partial charge is 0.408 e. The second-order valence-electron chi connectivity index (χ2n) is 11.2. The molecule has 1 aliphatic rings. The van der Waals surface area contributed by atoms with Gasteiger partial charge in [0.25, 0.3) is 0 Å². The third-order valence-corrected chi connectivity index (χ3v) is 7.70. The lowest BCUT2D eigenvalue weighted by atomic mass is 10.00. The first-order chi connectivity index (χ1) is 21.8. The van der Waals surface area contributed by atoms with Crippen molar-refractivity contribution in [2.24, 2.45) is 5.73 Å². The van der Waals surface area contributed by atoms with E-state index in [1.165, 1.54) is 0 Å². The number of hydrogen-bond acceptors (Lipinski definition) is 7. The van der Waals surface area contributed by atoms with E-state index in [0.717, 1.165) is 29.7 Å². The lowest BCUT2D eigenvalue weighted by Gasteiger charge is -2.28. The number of rotatable bonds is 15. The number of ether oxygens (including phenoxy) is 1. The molecule has 0 spiro atoms. The van der Waals surface area contributed by atoms with E-state index >= 15 is 0 Å². The van der Waals surface area contributed by atoms with Crippen molar-refractivity contribution in [2.75, 3.05) is 13.1 Å². The first-order valence-corrected chi connectivity index (χ1v) is 15.1. The molecule has 1 heterocycles. The Balaban J connectivity index is 1.38. The van der Waals surface area contributed by atoms with Crippen LogP contribution in [0.25, 0.3) is 0 Å². The second-order valence-corrected chi connectivity index (χ2v) is 11.2. The van der Waals surface area contributed by atoms with E-state index in [1.807, 2.05) is 66.7 Å². The molecule has 0 saturated carbocycles. The first-order valence-electron chi connectivity index (χ1n) is 15.1. The Morgan fingerprint density at radius 1 is 0.867 bits per heavy atom. The van der Waals surface area contributed by atoms with Crippen LogP contribution >= 0.6 is 0 Å². The number of carbonyl (C=O) groups excluding carboxylic acids is 4. The largest absolute Gasteiger partial charge is 0.445 e. The van der Waals surface area contributed by atoms with Crippen LogP contribution in [-0.4, -0.2) is 71.1 Å². The molecule has 0 unspecified atom stereocenters. The molecule has 45 heavy (non-hydrogen) atoms. The van der Waals surface area contributed by atoms with Crippen molar-refractivity contribution in [1.82, 2.24) is 20.9 Å². The third kappa shape index (κ3) is 10.7. The number of nitrogens with two attached hydrogens (primary N) is 1. The summed E-state index contributed by atoms with van der Waals surface area (Å²) >= 11 is 0. The maximum absolute atomic E-state index is 13.4. The van der Waals surface area contributed by atoms with Crippen molar-refractivity contribution in [2.45, 2.75) is 63.1 Å². The molecule has 238 valence electrons. The van der Waals surface area contributed by atoms with Crippen LogP contribution in [0.1, 0.15) is 36.0 Å². The summed E-state index contributed by atoms with van der Waals surface area (Å²) < 4.78 is 5.22. The molecule has 3 aromatic carbocycles. The molecule has 1 fully saturated rings. The standard InChI is InChI=1S/C34H41N5O6/c35-31(41)20-28(38-34(44)45-23-26-15-8-3-9-16-26)32(42)37-27(19-24-11-4-1-5-12-24)30(40)21-36-33(43)29-17-10-18-39(29)22-25-13-6-2-7-14-25/h1-9,11-16,27-30,40H,10,17-23H2,(H2,35,41)(H,36,43)(H,37,42)(H,38,44)/t27-,28-,29-,30+/m0/s1. The Hall–Kier alpha value is -4.74. The van der Waals surface area contributed by atoms with Crippen LogP contribution in [-0.2, 0) is 38.7 Å². The van der Waals surface area contributed by atoms with Crippen molar-refractivity contribution < 1.29 is 29.0 Å². The quantitative estimate of drug-likeness (QED) is 0.175. The number of primary amides is 1. The Labute approximate surface area is 263 Å². The van der Waals surface area contributed by atoms with E-state index in [1.54, 1.807) is 24.3 Å². The predicted octanol–water partition coefficient (Wildman–Crippen LogP) is 2.03. The van der Waals surface area contributed by atoms with Gasteiger partial charge in [0.15, 0.2) is 0 Å². The number of hydrogen-bond donors (Lipinski definition) is 5. The number of alkyl carbamates (subject to hydrolysis) is 1. The number of likely N-dealkylation sites (tertiary alicyclic amines) is 1. The topological polar surface area (TPSA) is 163 Å². The number of benzene rings is 3. The van der Waals surface area contributed by atoms with Crippen LogP contribution < -0.4 is 21.7 Å². The van der Waals surface area contributed by atoms with E-state index in [0.29, 0.717) is 13.0 Å². The maximum atomic E-state index is 13.4. The Bertz CT molecular complexity index is 1390. The van der Waals surface area contributed by atoms with E-state index < -0.39 is 42.5 Å². The number of carbonyl (C=O) groups is 4. The molecule has 3 aromatic rings. The summed E-state index contributed by atoms with van der Waals surface area (Å²) in [5.41, 5.74) is 8.07. The SMILES string of the molecule is NC(=O)C[C@H](NC(=O)OCc1ccccc1)C(=O)N[C@@H](Cc1ccccc1)[C@H](O)CNC(=O)[C@@H]1CCCN1Cc1ccccc1. The Morgan fingerprint density at radius 3 is 2.09 bits per heavy atom. The van der Waals surface area contributed by atoms with Crippen LogP contribution in [0, 0.1) is 0 Å². The molecule has 1 aliphatic heterocycles. The van der Waals surface area contributed by atoms with Gasteiger partial charge >= 0.3 is 6.09 Å². The molecule has 0 bridgehead atoms. The van der Waals surface area contributed by atoms with E-state index in [9.17, 15) is 24.3 Å². The molecule has 0 aliphatic carbocycles. The predicted molar refractivity (Wildman–Crippen MR) is 168 cm³/mol. The highest BCUT2D eigenvalue weighted by atomic mass is 16.5. The van der Waals surface area contributed by atoms with Gasteiger partial charge in [-0.1, -0.05) is 91.0 Å². The van der Waals surface area contributed by atoms with Crippen molar-refractivity contribution >= 4 is 23.8 Å². The number of nitrogens with one attached hydrogen (secondary N) is 3. The molecule has 4 amide bonds. The molecule has 4 rings (SSSR count). The van der Waals surface area contributed by atoms with Gasteiger partial charge in [0.05, 0.1) is 24.6 Å². The summed E-state index contributed by atoms with van der Waals surface area (Å²) in [6, 6.07) is 25.6. The summed E-state index contributed by atoms with van der Waals surface area (Å²) in [7, 11) is 0. The van der Waals surface area contributed by atoms with Gasteiger partial charge in [-0.25, -0.2) is 4.79 Å². The minimum Gasteiger partial charge on any atom is -0.445 e. The lowest BCUT2D eigenvalue weighted by molar-refractivity contribution is -0.128. The molecule has 6 N–H and O–H groups in total. The molecule has 0 radical (unpaired) electrons. The molecule has 11 nitrogen and oxygen atoms in total. The number of aliphatic hydroxyl groups excluding tert-OH is 1. The summed E-state index contributed by atoms with van der Waals surface area (Å²) in [6.45, 7) is 1.30. The highest BCUT2D eigenvalue weighted by Gasteiger charge is 2.32. The zero-order chi connectivity index (χ0) is 32.0. The summed E-state index contributed by atoms with van der Waals surface area (Å²) in [6.07, 6.45) is -0.724. The van der Waals surface area contributed by atoms with Crippen LogP contribution in [0.5, 0.6) is 0 Å².